The van der Waals surface area contributed by atoms with Crippen molar-refractivity contribution in [3.63, 3.8) is 0 Å². The number of hydrogen-bond donors (Lipinski definition) is 2. The molecule has 148 valence electrons. The van der Waals surface area contributed by atoms with Gasteiger partial charge in [-0.25, -0.2) is 4.79 Å². The van der Waals surface area contributed by atoms with Gasteiger partial charge in [0.05, 0.1) is 19.2 Å². The van der Waals surface area contributed by atoms with Crippen molar-refractivity contribution in [2.75, 3.05) is 25.5 Å². The molecule has 0 fully saturated rings. The van der Waals surface area contributed by atoms with Gasteiger partial charge in [0, 0.05) is 47.4 Å². The van der Waals surface area contributed by atoms with Gasteiger partial charge in [-0.3, -0.25) is 14.5 Å². The van der Waals surface area contributed by atoms with Gasteiger partial charge in [-0.1, -0.05) is 12.1 Å². The maximum Gasteiger partial charge on any atom is 0.337 e. The fourth-order valence-corrected chi connectivity index (χ4v) is 3.63. The number of fused-ring (bicyclic) bond motifs is 2. The molecular formula is C22H21N3O4. The van der Waals surface area contributed by atoms with Gasteiger partial charge in [-0.2, -0.15) is 0 Å². The molecule has 0 atom stereocenters. The molecule has 1 aliphatic rings. The van der Waals surface area contributed by atoms with E-state index in [2.05, 4.69) is 15.0 Å². The van der Waals surface area contributed by atoms with Gasteiger partial charge in [0.15, 0.2) is 5.43 Å². The summed E-state index contributed by atoms with van der Waals surface area (Å²) < 4.78 is 4.66. The molecule has 7 heteroatoms. The Morgan fingerprint density at radius 3 is 2.66 bits per heavy atom. The lowest BCUT2D eigenvalue weighted by Crippen LogP contribution is -2.39. The number of nitrogens with one attached hydrogen (secondary N) is 2. The number of para-hydroxylation sites is 1. The molecule has 4 rings (SSSR count). The van der Waals surface area contributed by atoms with Crippen LogP contribution in [0.2, 0.25) is 0 Å². The molecule has 3 aromatic rings. The first-order valence-corrected chi connectivity index (χ1v) is 9.38. The third-order valence-electron chi connectivity index (χ3n) is 5.11. The van der Waals surface area contributed by atoms with Crippen LogP contribution < -0.4 is 10.7 Å². The molecule has 0 saturated carbocycles. The Bertz CT molecular complexity index is 1130. The lowest BCUT2D eigenvalue weighted by atomic mass is 10.0. The van der Waals surface area contributed by atoms with Crippen molar-refractivity contribution in [3.8, 4) is 0 Å². The van der Waals surface area contributed by atoms with E-state index >= 15 is 0 Å². The third-order valence-corrected chi connectivity index (χ3v) is 5.11. The van der Waals surface area contributed by atoms with Crippen molar-refractivity contribution >= 4 is 28.5 Å². The van der Waals surface area contributed by atoms with Crippen LogP contribution in [-0.2, 0) is 22.5 Å². The summed E-state index contributed by atoms with van der Waals surface area (Å²) >= 11 is 0. The Labute approximate surface area is 167 Å². The number of anilines is 1. The van der Waals surface area contributed by atoms with E-state index in [-0.39, 0.29) is 17.9 Å². The van der Waals surface area contributed by atoms with Crippen LogP contribution in [0.3, 0.4) is 0 Å². The van der Waals surface area contributed by atoms with Gasteiger partial charge >= 0.3 is 5.97 Å². The molecule has 29 heavy (non-hydrogen) atoms. The van der Waals surface area contributed by atoms with Gasteiger partial charge < -0.3 is 15.0 Å². The van der Waals surface area contributed by atoms with Crippen molar-refractivity contribution in [2.45, 2.75) is 13.0 Å². The van der Waals surface area contributed by atoms with Crippen LogP contribution in [0.5, 0.6) is 0 Å². The minimum atomic E-state index is -0.424. The monoisotopic (exact) mass is 391 g/mol. The minimum Gasteiger partial charge on any atom is -0.465 e. The van der Waals surface area contributed by atoms with E-state index in [9.17, 15) is 14.4 Å². The summed E-state index contributed by atoms with van der Waals surface area (Å²) in [6.45, 7) is 1.31. The molecule has 2 N–H and O–H groups in total. The number of esters is 1. The summed E-state index contributed by atoms with van der Waals surface area (Å²) in [5, 5.41) is 3.49. The lowest BCUT2D eigenvalue weighted by Gasteiger charge is -2.27. The number of nitrogens with zero attached hydrogens (tertiary/aromatic N) is 1. The number of aromatic amines is 1. The van der Waals surface area contributed by atoms with Crippen molar-refractivity contribution in [1.29, 1.82) is 0 Å². The highest BCUT2D eigenvalue weighted by Gasteiger charge is 2.22. The number of carbonyl (C=O) groups excluding carboxylic acids is 2. The second-order valence-corrected chi connectivity index (χ2v) is 7.03. The van der Waals surface area contributed by atoms with Crippen molar-refractivity contribution in [1.82, 2.24) is 9.88 Å². The zero-order valence-corrected chi connectivity index (χ0v) is 16.0. The van der Waals surface area contributed by atoms with Crippen LogP contribution in [-0.4, -0.2) is 42.0 Å². The Morgan fingerprint density at radius 2 is 1.90 bits per heavy atom. The fourth-order valence-electron chi connectivity index (χ4n) is 3.63. The Morgan fingerprint density at radius 1 is 1.14 bits per heavy atom. The van der Waals surface area contributed by atoms with E-state index in [4.69, 9.17) is 0 Å². The van der Waals surface area contributed by atoms with Crippen LogP contribution in [0.1, 0.15) is 21.6 Å². The molecule has 0 radical (unpaired) electrons. The van der Waals surface area contributed by atoms with Crippen LogP contribution in [0.4, 0.5) is 5.69 Å². The van der Waals surface area contributed by atoms with E-state index < -0.39 is 5.97 Å². The van der Waals surface area contributed by atoms with Crippen LogP contribution >= 0.6 is 0 Å². The molecule has 0 saturated heterocycles. The van der Waals surface area contributed by atoms with Gasteiger partial charge in [0.25, 0.3) is 0 Å². The van der Waals surface area contributed by atoms with E-state index in [0.29, 0.717) is 36.1 Å². The zero-order valence-electron chi connectivity index (χ0n) is 16.0. The number of benzene rings is 2. The molecule has 0 bridgehead atoms. The molecular weight excluding hydrogens is 370 g/mol. The van der Waals surface area contributed by atoms with Gasteiger partial charge in [0.2, 0.25) is 5.91 Å². The lowest BCUT2D eigenvalue weighted by molar-refractivity contribution is -0.117. The van der Waals surface area contributed by atoms with Crippen LogP contribution in [0, 0.1) is 0 Å². The number of methoxy groups -OCH3 is 1. The first-order valence-electron chi connectivity index (χ1n) is 9.38. The number of carbonyl (C=O) groups is 2. The zero-order chi connectivity index (χ0) is 20.4. The third kappa shape index (κ3) is 3.90. The van der Waals surface area contributed by atoms with E-state index in [1.807, 2.05) is 29.2 Å². The van der Waals surface area contributed by atoms with Gasteiger partial charge in [-0.05, 0) is 36.4 Å². The molecule has 0 spiro atoms. The van der Waals surface area contributed by atoms with Gasteiger partial charge in [0.1, 0.15) is 0 Å². The van der Waals surface area contributed by atoms with Crippen LogP contribution in [0.25, 0.3) is 10.9 Å². The summed E-state index contributed by atoms with van der Waals surface area (Å²) in [6, 6.07) is 14.0. The summed E-state index contributed by atoms with van der Waals surface area (Å²) in [7, 11) is 1.32. The molecule has 1 amide bonds. The van der Waals surface area contributed by atoms with E-state index in [1.165, 1.54) is 7.11 Å². The standard InChI is InChI=1S/C22H21N3O4/c1-29-22(28)14-6-8-15(9-7-14)23-20(26)13-25-11-10-19-17(12-25)21(27)16-4-2-3-5-18(16)24-19/h2-9H,10-13H2,1H3,(H,23,26)(H,24,27). The number of rotatable bonds is 4. The quantitative estimate of drug-likeness (QED) is 0.666. The minimum absolute atomic E-state index is 0.0258. The molecule has 2 aromatic carbocycles. The molecule has 2 heterocycles. The Hall–Kier alpha value is -3.45. The molecule has 1 aliphatic heterocycles. The summed E-state index contributed by atoms with van der Waals surface area (Å²) in [4.78, 5) is 42.1. The van der Waals surface area contributed by atoms with Crippen molar-refractivity contribution < 1.29 is 14.3 Å². The summed E-state index contributed by atoms with van der Waals surface area (Å²) in [6.07, 6.45) is 0.691. The first-order chi connectivity index (χ1) is 14.0. The molecule has 1 aromatic heterocycles. The summed E-state index contributed by atoms with van der Waals surface area (Å²) in [5.74, 6) is -0.593. The normalized spacial score (nSPS) is 13.7. The first kappa shape index (κ1) is 18.9. The van der Waals surface area contributed by atoms with E-state index in [0.717, 1.165) is 16.8 Å². The maximum atomic E-state index is 12.8. The average molecular weight is 391 g/mol. The average Bonchev–Trinajstić information content (AvgIpc) is 2.74. The SMILES string of the molecule is COC(=O)c1ccc(NC(=O)CN2CCc3[nH]c4ccccc4c(=O)c3C2)cc1. The number of H-pyrrole nitrogens is 1. The van der Waals surface area contributed by atoms with Crippen LogP contribution in [0.15, 0.2) is 53.3 Å². The highest BCUT2D eigenvalue weighted by atomic mass is 16.5. The second kappa shape index (κ2) is 7.89. The maximum absolute atomic E-state index is 12.8. The Balaban J connectivity index is 1.43. The predicted octanol–water partition coefficient (Wildman–Crippen LogP) is 2.31. The smallest absolute Gasteiger partial charge is 0.337 e. The second-order valence-electron chi connectivity index (χ2n) is 7.03. The number of amides is 1. The number of pyridine rings is 1. The van der Waals surface area contributed by atoms with Gasteiger partial charge in [-0.15, -0.1) is 0 Å². The molecule has 0 aliphatic carbocycles. The van der Waals surface area contributed by atoms with Crippen molar-refractivity contribution in [3.05, 3.63) is 75.6 Å². The Kier molecular flexibility index (Phi) is 5.14. The van der Waals surface area contributed by atoms with Crippen molar-refractivity contribution in [2.24, 2.45) is 0 Å². The highest BCUT2D eigenvalue weighted by molar-refractivity contribution is 5.94. The molecule has 0 unspecified atom stereocenters. The topological polar surface area (TPSA) is 91.5 Å². The fraction of sp³-hybridized carbons (Fsp3) is 0.227. The number of aromatic nitrogens is 1. The largest absolute Gasteiger partial charge is 0.465 e. The predicted molar refractivity (Wildman–Crippen MR) is 110 cm³/mol. The highest BCUT2D eigenvalue weighted by Crippen LogP contribution is 2.18. The molecule has 7 nitrogen and oxygen atoms in total. The number of ether oxygens (including phenoxy) is 1. The van der Waals surface area contributed by atoms with E-state index in [1.54, 1.807) is 24.3 Å². The number of hydrogen-bond acceptors (Lipinski definition) is 5. The summed E-state index contributed by atoms with van der Waals surface area (Å²) in [5.41, 5.74) is 3.57.